The Bertz CT molecular complexity index is 221. The Kier molecular flexibility index (Phi) is 8.46. The Hall–Kier alpha value is -1.14. The minimum Gasteiger partial charge on any atom is -0.383 e. The molecule has 0 rings (SSSR count). The van der Waals surface area contributed by atoms with Gasteiger partial charge in [-0.05, 0) is 13.8 Å². The van der Waals surface area contributed by atoms with Crippen molar-refractivity contribution >= 4 is 11.8 Å². The van der Waals surface area contributed by atoms with E-state index in [1.54, 1.807) is 7.11 Å². The number of carbonyl (C=O) groups excluding carboxylic acids is 2. The molecule has 0 aliphatic carbocycles. The smallest absolute Gasteiger partial charge is 0.234 e. The molecule has 1 atom stereocenters. The Morgan fingerprint density at radius 1 is 1.25 bits per heavy atom. The fourth-order valence-electron chi connectivity index (χ4n) is 1.17. The summed E-state index contributed by atoms with van der Waals surface area (Å²) in [6.45, 7) is 5.05. The molecule has 6 nitrogen and oxygen atoms in total. The number of amides is 2. The average molecular weight is 231 g/mol. The van der Waals surface area contributed by atoms with Gasteiger partial charge in [-0.25, -0.2) is 0 Å². The summed E-state index contributed by atoms with van der Waals surface area (Å²) in [6.07, 6.45) is 0. The molecule has 0 fully saturated rings. The Morgan fingerprint density at radius 2 is 1.88 bits per heavy atom. The average Bonchev–Trinajstić information content (AvgIpc) is 2.18. The lowest BCUT2D eigenvalue weighted by Crippen LogP contribution is -2.43. The first kappa shape index (κ1) is 14.9. The monoisotopic (exact) mass is 231 g/mol. The van der Waals surface area contributed by atoms with Gasteiger partial charge in [0, 0.05) is 19.7 Å². The predicted octanol–water partition coefficient (Wildman–Crippen LogP) is -1.14. The summed E-state index contributed by atoms with van der Waals surface area (Å²) in [6, 6.07) is -0.0243. The van der Waals surface area contributed by atoms with Crippen LogP contribution in [0.5, 0.6) is 0 Å². The first-order chi connectivity index (χ1) is 7.60. The maximum atomic E-state index is 11.3. The van der Waals surface area contributed by atoms with Crippen LogP contribution < -0.4 is 16.0 Å². The van der Waals surface area contributed by atoms with E-state index in [4.69, 9.17) is 4.74 Å². The van der Waals surface area contributed by atoms with Crippen LogP contribution in [0.2, 0.25) is 0 Å². The van der Waals surface area contributed by atoms with Crippen molar-refractivity contribution < 1.29 is 14.3 Å². The quantitative estimate of drug-likeness (QED) is 0.493. The van der Waals surface area contributed by atoms with E-state index < -0.39 is 0 Å². The molecule has 0 aromatic heterocycles. The molecule has 0 saturated carbocycles. The summed E-state index contributed by atoms with van der Waals surface area (Å²) < 4.78 is 4.88. The standard InChI is InChI=1S/C10H21N3O3/c1-4-12-9(14)5-11-6-10(15)13-8(2)7-16-3/h8,11H,4-7H2,1-3H3,(H,12,14)(H,13,15). The largest absolute Gasteiger partial charge is 0.383 e. The van der Waals surface area contributed by atoms with Crippen molar-refractivity contribution in [1.82, 2.24) is 16.0 Å². The van der Waals surface area contributed by atoms with E-state index in [0.717, 1.165) is 0 Å². The highest BCUT2D eigenvalue weighted by atomic mass is 16.5. The molecule has 94 valence electrons. The fourth-order valence-corrected chi connectivity index (χ4v) is 1.17. The number of nitrogens with one attached hydrogen (secondary N) is 3. The number of likely N-dealkylation sites (N-methyl/N-ethyl adjacent to an activating group) is 1. The second-order valence-corrected chi connectivity index (χ2v) is 3.48. The van der Waals surface area contributed by atoms with E-state index >= 15 is 0 Å². The van der Waals surface area contributed by atoms with Crippen LogP contribution in [0.1, 0.15) is 13.8 Å². The van der Waals surface area contributed by atoms with E-state index in [9.17, 15) is 9.59 Å². The predicted molar refractivity (Wildman–Crippen MR) is 61.0 cm³/mol. The molecule has 0 aliphatic rings. The number of rotatable bonds is 8. The van der Waals surface area contributed by atoms with Crippen LogP contribution in [-0.4, -0.2) is 51.2 Å². The molecule has 0 aromatic carbocycles. The number of ether oxygens (including phenoxy) is 1. The van der Waals surface area contributed by atoms with E-state index in [1.807, 2.05) is 13.8 Å². The van der Waals surface area contributed by atoms with Crippen LogP contribution in [0.3, 0.4) is 0 Å². The summed E-state index contributed by atoms with van der Waals surface area (Å²) in [5.41, 5.74) is 0. The molecule has 2 amide bonds. The van der Waals surface area contributed by atoms with E-state index in [1.165, 1.54) is 0 Å². The number of hydrogen-bond acceptors (Lipinski definition) is 4. The molecule has 16 heavy (non-hydrogen) atoms. The summed E-state index contributed by atoms with van der Waals surface area (Å²) >= 11 is 0. The number of carbonyl (C=O) groups is 2. The first-order valence-electron chi connectivity index (χ1n) is 5.35. The van der Waals surface area contributed by atoms with Gasteiger partial charge in [0.1, 0.15) is 0 Å². The van der Waals surface area contributed by atoms with Crippen molar-refractivity contribution in [2.24, 2.45) is 0 Å². The van der Waals surface area contributed by atoms with Crippen LogP contribution in [0, 0.1) is 0 Å². The Morgan fingerprint density at radius 3 is 2.44 bits per heavy atom. The number of hydrogen-bond donors (Lipinski definition) is 3. The van der Waals surface area contributed by atoms with Gasteiger partial charge in [-0.1, -0.05) is 0 Å². The molecule has 0 heterocycles. The van der Waals surface area contributed by atoms with E-state index in [2.05, 4.69) is 16.0 Å². The SMILES string of the molecule is CCNC(=O)CNCC(=O)NC(C)COC. The van der Waals surface area contributed by atoms with Crippen molar-refractivity contribution in [3.8, 4) is 0 Å². The van der Waals surface area contributed by atoms with Crippen molar-refractivity contribution in [3.05, 3.63) is 0 Å². The highest BCUT2D eigenvalue weighted by Crippen LogP contribution is 1.81. The zero-order valence-electron chi connectivity index (χ0n) is 10.1. The fraction of sp³-hybridized carbons (Fsp3) is 0.800. The number of methoxy groups -OCH3 is 1. The highest BCUT2D eigenvalue weighted by molar-refractivity contribution is 5.81. The summed E-state index contributed by atoms with van der Waals surface area (Å²) in [4.78, 5) is 22.3. The Balaban J connectivity index is 3.54. The third-order valence-electron chi connectivity index (χ3n) is 1.77. The molecular formula is C10H21N3O3. The van der Waals surface area contributed by atoms with Crippen molar-refractivity contribution in [2.45, 2.75) is 19.9 Å². The second-order valence-electron chi connectivity index (χ2n) is 3.48. The molecule has 1 unspecified atom stereocenters. The third-order valence-corrected chi connectivity index (χ3v) is 1.77. The first-order valence-corrected chi connectivity index (χ1v) is 5.35. The van der Waals surface area contributed by atoms with Gasteiger partial charge in [-0.3, -0.25) is 14.9 Å². The maximum Gasteiger partial charge on any atom is 0.234 e. The van der Waals surface area contributed by atoms with Gasteiger partial charge in [-0.15, -0.1) is 0 Å². The normalized spacial score (nSPS) is 11.9. The van der Waals surface area contributed by atoms with Gasteiger partial charge in [0.05, 0.1) is 19.7 Å². The second kappa shape index (κ2) is 9.11. The molecule has 0 aromatic rings. The molecule has 0 spiro atoms. The van der Waals surface area contributed by atoms with Crippen molar-refractivity contribution in [2.75, 3.05) is 33.4 Å². The molecule has 0 saturated heterocycles. The molecule has 3 N–H and O–H groups in total. The lowest BCUT2D eigenvalue weighted by atomic mass is 10.3. The highest BCUT2D eigenvalue weighted by Gasteiger charge is 2.07. The maximum absolute atomic E-state index is 11.3. The molecule has 0 bridgehead atoms. The Labute approximate surface area is 96.1 Å². The minimum atomic E-state index is -0.145. The van der Waals surface area contributed by atoms with Crippen molar-refractivity contribution in [1.29, 1.82) is 0 Å². The van der Waals surface area contributed by atoms with Gasteiger partial charge in [0.15, 0.2) is 0 Å². The lowest BCUT2D eigenvalue weighted by molar-refractivity contribution is -0.121. The zero-order chi connectivity index (χ0) is 12.4. The molecule has 0 aliphatic heterocycles. The van der Waals surface area contributed by atoms with Gasteiger partial charge < -0.3 is 15.4 Å². The molecule has 6 heteroatoms. The van der Waals surface area contributed by atoms with E-state index in [-0.39, 0.29) is 30.9 Å². The van der Waals surface area contributed by atoms with Crippen LogP contribution in [0.15, 0.2) is 0 Å². The minimum absolute atomic E-state index is 0.0243. The van der Waals surface area contributed by atoms with E-state index in [0.29, 0.717) is 13.2 Å². The molecular weight excluding hydrogens is 210 g/mol. The van der Waals surface area contributed by atoms with Crippen molar-refractivity contribution in [3.63, 3.8) is 0 Å². The third kappa shape index (κ3) is 8.19. The zero-order valence-corrected chi connectivity index (χ0v) is 10.1. The summed E-state index contributed by atoms with van der Waals surface area (Å²) in [5.74, 6) is -0.255. The molecule has 0 radical (unpaired) electrons. The van der Waals surface area contributed by atoms with Crippen LogP contribution in [0.4, 0.5) is 0 Å². The van der Waals surface area contributed by atoms with Gasteiger partial charge >= 0.3 is 0 Å². The van der Waals surface area contributed by atoms with Crippen LogP contribution in [-0.2, 0) is 14.3 Å². The summed E-state index contributed by atoms with van der Waals surface area (Å²) in [5, 5.41) is 8.11. The van der Waals surface area contributed by atoms with Crippen LogP contribution in [0.25, 0.3) is 0 Å². The summed E-state index contributed by atoms with van der Waals surface area (Å²) in [7, 11) is 1.58. The van der Waals surface area contributed by atoms with Gasteiger partial charge in [0.2, 0.25) is 11.8 Å². The van der Waals surface area contributed by atoms with Gasteiger partial charge in [0.25, 0.3) is 0 Å². The van der Waals surface area contributed by atoms with Gasteiger partial charge in [-0.2, -0.15) is 0 Å². The lowest BCUT2D eigenvalue weighted by Gasteiger charge is -2.12. The topological polar surface area (TPSA) is 79.5 Å². The van der Waals surface area contributed by atoms with Crippen LogP contribution >= 0.6 is 0 Å².